The van der Waals surface area contributed by atoms with Gasteiger partial charge in [-0.25, -0.2) is 4.79 Å². The van der Waals surface area contributed by atoms with Gasteiger partial charge in [0.15, 0.2) is 6.61 Å². The quantitative estimate of drug-likeness (QED) is 0.735. The number of carbonyl (C=O) groups excluding carboxylic acids is 2. The molecule has 1 amide bonds. The number of benzene rings is 2. The lowest BCUT2D eigenvalue weighted by molar-refractivity contribution is -0.124. The Balaban J connectivity index is 1.83. The van der Waals surface area contributed by atoms with E-state index in [1.165, 1.54) is 24.3 Å². The van der Waals surface area contributed by atoms with Crippen LogP contribution in [0.25, 0.3) is 0 Å². The van der Waals surface area contributed by atoms with Crippen molar-refractivity contribution in [3.8, 4) is 5.75 Å². The molecule has 0 aliphatic rings. The number of carbonyl (C=O) groups is 2. The number of ether oxygens (including phenoxy) is 2. The largest absolute Gasteiger partial charge is 0.452 e. The summed E-state index contributed by atoms with van der Waals surface area (Å²) in [6, 6.07) is 11.7. The Morgan fingerprint density at radius 2 is 1.85 bits per heavy atom. The van der Waals surface area contributed by atoms with Crippen LogP contribution in [-0.2, 0) is 9.53 Å². The minimum atomic E-state index is -2.95. The van der Waals surface area contributed by atoms with E-state index in [1.807, 2.05) is 6.07 Å². The normalized spacial score (nSPS) is 11.7. The predicted octanol–water partition coefficient (Wildman–Crippen LogP) is 3.98. The summed E-state index contributed by atoms with van der Waals surface area (Å²) in [5.41, 5.74) is 0.925. The summed E-state index contributed by atoms with van der Waals surface area (Å²) in [6.45, 7) is -1.65. The number of halogens is 3. The Morgan fingerprint density at radius 3 is 2.46 bits per heavy atom. The number of rotatable bonds is 7. The standard InChI is InChI=1S/C18H16ClF2NO4/c1-11(13-3-2-4-14(19)9-13)22-16(23)10-25-17(24)12-5-7-15(8-6-12)26-18(20)21/h2-9,11,18H,10H2,1H3,(H,22,23)/t11-/m0/s1. The molecule has 2 aromatic carbocycles. The molecule has 8 heteroatoms. The van der Waals surface area contributed by atoms with Crippen LogP contribution >= 0.6 is 11.6 Å². The van der Waals surface area contributed by atoms with Crippen molar-refractivity contribution >= 4 is 23.5 Å². The minimum Gasteiger partial charge on any atom is -0.452 e. The van der Waals surface area contributed by atoms with Crippen LogP contribution in [0.4, 0.5) is 8.78 Å². The van der Waals surface area contributed by atoms with E-state index in [2.05, 4.69) is 10.1 Å². The first-order valence-corrected chi connectivity index (χ1v) is 8.00. The molecule has 138 valence electrons. The van der Waals surface area contributed by atoms with E-state index < -0.39 is 25.1 Å². The number of esters is 1. The van der Waals surface area contributed by atoms with Gasteiger partial charge in [-0.1, -0.05) is 23.7 Å². The van der Waals surface area contributed by atoms with Crippen LogP contribution in [0.2, 0.25) is 5.02 Å². The predicted molar refractivity (Wildman–Crippen MR) is 91.4 cm³/mol. The fourth-order valence-corrected chi connectivity index (χ4v) is 2.33. The topological polar surface area (TPSA) is 64.6 Å². The van der Waals surface area contributed by atoms with Crippen LogP contribution in [0.1, 0.15) is 28.9 Å². The Kier molecular flexibility index (Phi) is 6.91. The number of hydrogen-bond donors (Lipinski definition) is 1. The summed E-state index contributed by atoms with van der Waals surface area (Å²) in [5, 5.41) is 3.23. The molecule has 5 nitrogen and oxygen atoms in total. The highest BCUT2D eigenvalue weighted by atomic mass is 35.5. The molecule has 2 aromatic rings. The molecule has 0 radical (unpaired) electrons. The van der Waals surface area contributed by atoms with Crippen molar-refractivity contribution in [1.29, 1.82) is 0 Å². The molecule has 0 heterocycles. The highest BCUT2D eigenvalue weighted by Crippen LogP contribution is 2.17. The monoisotopic (exact) mass is 383 g/mol. The molecule has 0 aliphatic carbocycles. The number of amides is 1. The lowest BCUT2D eigenvalue weighted by atomic mass is 10.1. The molecule has 2 rings (SSSR count). The molecule has 0 unspecified atom stereocenters. The fourth-order valence-electron chi connectivity index (χ4n) is 2.13. The lowest BCUT2D eigenvalue weighted by Crippen LogP contribution is -2.31. The lowest BCUT2D eigenvalue weighted by Gasteiger charge is -2.14. The third-order valence-electron chi connectivity index (χ3n) is 3.38. The van der Waals surface area contributed by atoms with Crippen molar-refractivity contribution in [3.05, 3.63) is 64.7 Å². The molecule has 0 fully saturated rings. The van der Waals surface area contributed by atoms with Crippen molar-refractivity contribution in [2.24, 2.45) is 0 Å². The van der Waals surface area contributed by atoms with Crippen molar-refractivity contribution in [2.75, 3.05) is 6.61 Å². The van der Waals surface area contributed by atoms with Gasteiger partial charge in [0.25, 0.3) is 5.91 Å². The second-order valence-corrected chi connectivity index (χ2v) is 5.76. The molecule has 0 saturated carbocycles. The van der Waals surface area contributed by atoms with E-state index in [4.69, 9.17) is 16.3 Å². The van der Waals surface area contributed by atoms with Crippen molar-refractivity contribution in [3.63, 3.8) is 0 Å². The Labute approximate surface area is 153 Å². The number of hydrogen-bond acceptors (Lipinski definition) is 4. The van der Waals surface area contributed by atoms with Gasteiger partial charge in [-0.2, -0.15) is 8.78 Å². The molecule has 0 aliphatic heterocycles. The first kappa shape index (κ1) is 19.7. The molecular weight excluding hydrogens is 368 g/mol. The zero-order valence-corrected chi connectivity index (χ0v) is 14.5. The summed E-state index contributed by atoms with van der Waals surface area (Å²) in [7, 11) is 0. The molecule has 0 spiro atoms. The van der Waals surface area contributed by atoms with Gasteiger partial charge in [-0.05, 0) is 48.9 Å². The van der Waals surface area contributed by atoms with E-state index in [-0.39, 0.29) is 17.4 Å². The summed E-state index contributed by atoms with van der Waals surface area (Å²) in [4.78, 5) is 23.8. The Bertz CT molecular complexity index is 768. The molecule has 0 aromatic heterocycles. The average molecular weight is 384 g/mol. The maximum absolute atomic E-state index is 12.1. The highest BCUT2D eigenvalue weighted by Gasteiger charge is 2.14. The van der Waals surface area contributed by atoms with E-state index in [0.717, 1.165) is 5.56 Å². The fraction of sp³-hybridized carbons (Fsp3) is 0.222. The zero-order valence-electron chi connectivity index (χ0n) is 13.7. The number of alkyl halides is 2. The maximum Gasteiger partial charge on any atom is 0.387 e. The Morgan fingerprint density at radius 1 is 1.15 bits per heavy atom. The highest BCUT2D eigenvalue weighted by molar-refractivity contribution is 6.30. The molecule has 1 atom stereocenters. The SMILES string of the molecule is C[C@H](NC(=O)COC(=O)c1ccc(OC(F)F)cc1)c1cccc(Cl)c1. The van der Waals surface area contributed by atoms with E-state index in [0.29, 0.717) is 5.02 Å². The van der Waals surface area contributed by atoms with Gasteiger partial charge in [-0.15, -0.1) is 0 Å². The molecule has 0 bridgehead atoms. The van der Waals surface area contributed by atoms with Crippen LogP contribution in [0.3, 0.4) is 0 Å². The van der Waals surface area contributed by atoms with Crippen LogP contribution in [0.15, 0.2) is 48.5 Å². The second-order valence-electron chi connectivity index (χ2n) is 5.32. The van der Waals surface area contributed by atoms with Gasteiger partial charge in [0.05, 0.1) is 11.6 Å². The minimum absolute atomic E-state index is 0.0790. The van der Waals surface area contributed by atoms with E-state index in [1.54, 1.807) is 25.1 Å². The summed E-state index contributed by atoms with van der Waals surface area (Å²) in [5.74, 6) is -1.31. The summed E-state index contributed by atoms with van der Waals surface area (Å²) in [6.07, 6.45) is 0. The van der Waals surface area contributed by atoms with Crippen LogP contribution in [0.5, 0.6) is 5.75 Å². The third-order valence-corrected chi connectivity index (χ3v) is 3.61. The second kappa shape index (κ2) is 9.15. The van der Waals surface area contributed by atoms with Gasteiger partial charge >= 0.3 is 12.6 Å². The molecule has 0 saturated heterocycles. The third kappa shape index (κ3) is 6.00. The van der Waals surface area contributed by atoms with Crippen LogP contribution in [-0.4, -0.2) is 25.1 Å². The van der Waals surface area contributed by atoms with E-state index >= 15 is 0 Å². The van der Waals surface area contributed by atoms with Crippen molar-refractivity contribution in [2.45, 2.75) is 19.6 Å². The average Bonchev–Trinajstić information content (AvgIpc) is 2.59. The van der Waals surface area contributed by atoms with E-state index in [9.17, 15) is 18.4 Å². The number of nitrogens with one attached hydrogen (secondary N) is 1. The summed E-state index contributed by atoms with van der Waals surface area (Å²) < 4.78 is 33.2. The smallest absolute Gasteiger partial charge is 0.387 e. The van der Waals surface area contributed by atoms with Gasteiger partial charge in [0.1, 0.15) is 5.75 Å². The zero-order chi connectivity index (χ0) is 19.1. The first-order valence-electron chi connectivity index (χ1n) is 7.62. The summed E-state index contributed by atoms with van der Waals surface area (Å²) >= 11 is 5.90. The molecule has 26 heavy (non-hydrogen) atoms. The van der Waals surface area contributed by atoms with Gasteiger partial charge < -0.3 is 14.8 Å². The van der Waals surface area contributed by atoms with Crippen LogP contribution < -0.4 is 10.1 Å². The van der Waals surface area contributed by atoms with Crippen molar-refractivity contribution < 1.29 is 27.8 Å². The molecule has 1 N–H and O–H groups in total. The van der Waals surface area contributed by atoms with Crippen molar-refractivity contribution in [1.82, 2.24) is 5.32 Å². The van der Waals surface area contributed by atoms with Gasteiger partial charge in [0, 0.05) is 5.02 Å². The maximum atomic E-state index is 12.1. The Hall–Kier alpha value is -2.67. The first-order chi connectivity index (χ1) is 12.3. The molecular formula is C18H16ClF2NO4. The van der Waals surface area contributed by atoms with Crippen LogP contribution in [0, 0.1) is 0 Å². The van der Waals surface area contributed by atoms with Gasteiger partial charge in [0.2, 0.25) is 0 Å². The van der Waals surface area contributed by atoms with Gasteiger partial charge in [-0.3, -0.25) is 4.79 Å².